The van der Waals surface area contributed by atoms with Crippen LogP contribution in [0.5, 0.6) is 0 Å². The Hall–Kier alpha value is -3.22. The Bertz CT molecular complexity index is 990. The molecule has 1 aliphatic heterocycles. The van der Waals surface area contributed by atoms with E-state index in [0.29, 0.717) is 18.5 Å². The molecule has 2 aromatic rings. The molecule has 6 nitrogen and oxygen atoms in total. The van der Waals surface area contributed by atoms with Gasteiger partial charge in [0.1, 0.15) is 11.7 Å². The Balaban J connectivity index is 1.48. The van der Waals surface area contributed by atoms with Crippen molar-refractivity contribution in [1.29, 1.82) is 0 Å². The molecule has 1 saturated heterocycles. The van der Waals surface area contributed by atoms with Gasteiger partial charge in [0.25, 0.3) is 5.91 Å². The first kappa shape index (κ1) is 21.5. The van der Waals surface area contributed by atoms with Crippen molar-refractivity contribution in [2.24, 2.45) is 5.92 Å². The summed E-state index contributed by atoms with van der Waals surface area (Å²) < 4.78 is 13.6. The number of nitrogens with zero attached hydrogens (tertiary/aromatic N) is 1. The van der Waals surface area contributed by atoms with Crippen LogP contribution in [0.3, 0.4) is 0 Å². The van der Waals surface area contributed by atoms with Crippen LogP contribution in [0.15, 0.2) is 36.4 Å². The predicted molar refractivity (Wildman–Crippen MR) is 113 cm³/mol. The van der Waals surface area contributed by atoms with Crippen LogP contribution in [-0.4, -0.2) is 37.4 Å². The number of rotatable bonds is 6. The molecule has 30 heavy (non-hydrogen) atoms. The standard InChI is InChI=1S/C23H26FN3O3/c1-14-5-7-18(12-16(14)3)27-11-8-19(23(27)30)22(29)26-10-9-25-21(28)17-6-4-15(2)20(24)13-17/h4-7,12-13,19H,8-11H2,1-3H3,(H,25,28)(H,26,29). The van der Waals surface area contributed by atoms with E-state index in [1.165, 1.54) is 6.07 Å². The van der Waals surface area contributed by atoms with Gasteiger partial charge in [-0.05, 0) is 68.1 Å². The normalized spacial score (nSPS) is 15.9. The van der Waals surface area contributed by atoms with Gasteiger partial charge in [0.15, 0.2) is 0 Å². The van der Waals surface area contributed by atoms with E-state index in [0.717, 1.165) is 16.8 Å². The first-order valence-corrected chi connectivity index (χ1v) is 9.98. The van der Waals surface area contributed by atoms with Crippen molar-refractivity contribution in [3.8, 4) is 0 Å². The number of hydrogen-bond donors (Lipinski definition) is 2. The second kappa shape index (κ2) is 9.07. The Morgan fingerprint density at radius 1 is 1.00 bits per heavy atom. The molecule has 1 atom stereocenters. The van der Waals surface area contributed by atoms with Gasteiger partial charge in [-0.25, -0.2) is 4.39 Å². The first-order chi connectivity index (χ1) is 14.3. The third-order valence-electron chi connectivity index (χ3n) is 5.47. The highest BCUT2D eigenvalue weighted by atomic mass is 19.1. The maximum Gasteiger partial charge on any atom is 0.251 e. The molecule has 0 bridgehead atoms. The van der Waals surface area contributed by atoms with Crippen molar-refractivity contribution in [3.05, 3.63) is 64.5 Å². The zero-order valence-electron chi connectivity index (χ0n) is 17.4. The van der Waals surface area contributed by atoms with Crippen molar-refractivity contribution < 1.29 is 18.8 Å². The summed E-state index contributed by atoms with van der Waals surface area (Å²) in [4.78, 5) is 38.8. The second-order valence-corrected chi connectivity index (χ2v) is 7.61. The number of amides is 3. The predicted octanol–water partition coefficient (Wildman–Crippen LogP) is 2.65. The largest absolute Gasteiger partial charge is 0.354 e. The Labute approximate surface area is 175 Å². The van der Waals surface area contributed by atoms with Gasteiger partial charge in [-0.3, -0.25) is 14.4 Å². The van der Waals surface area contributed by atoms with Crippen LogP contribution in [0.1, 0.15) is 33.5 Å². The number of aryl methyl sites for hydroxylation is 3. The SMILES string of the molecule is Cc1ccc(N2CCC(C(=O)NCCNC(=O)c3ccc(C)c(F)c3)C2=O)cc1C. The molecule has 1 heterocycles. The number of hydrogen-bond acceptors (Lipinski definition) is 3. The molecule has 0 aliphatic carbocycles. The van der Waals surface area contributed by atoms with Crippen LogP contribution in [0.4, 0.5) is 10.1 Å². The number of halogens is 1. The van der Waals surface area contributed by atoms with Crippen LogP contribution < -0.4 is 15.5 Å². The zero-order chi connectivity index (χ0) is 21.8. The average Bonchev–Trinajstić information content (AvgIpc) is 3.10. The van der Waals surface area contributed by atoms with Crippen molar-refractivity contribution in [1.82, 2.24) is 10.6 Å². The maximum atomic E-state index is 13.6. The number of carbonyl (C=O) groups excluding carboxylic acids is 3. The molecule has 2 aromatic carbocycles. The van der Waals surface area contributed by atoms with E-state index in [2.05, 4.69) is 10.6 Å². The second-order valence-electron chi connectivity index (χ2n) is 7.61. The lowest BCUT2D eigenvalue weighted by atomic mass is 10.1. The highest BCUT2D eigenvalue weighted by Crippen LogP contribution is 2.27. The van der Waals surface area contributed by atoms with Crippen LogP contribution in [0.25, 0.3) is 0 Å². The van der Waals surface area contributed by atoms with Crippen LogP contribution >= 0.6 is 0 Å². The topological polar surface area (TPSA) is 78.5 Å². The van der Waals surface area contributed by atoms with Gasteiger partial charge in [0.05, 0.1) is 0 Å². The summed E-state index contributed by atoms with van der Waals surface area (Å²) in [5, 5.41) is 5.33. The molecule has 0 saturated carbocycles. The van der Waals surface area contributed by atoms with E-state index in [9.17, 15) is 18.8 Å². The van der Waals surface area contributed by atoms with Gasteiger partial charge in [0.2, 0.25) is 11.8 Å². The fourth-order valence-corrected chi connectivity index (χ4v) is 3.39. The zero-order valence-corrected chi connectivity index (χ0v) is 17.4. The summed E-state index contributed by atoms with van der Waals surface area (Å²) >= 11 is 0. The fraction of sp³-hybridized carbons (Fsp3) is 0.348. The fourth-order valence-electron chi connectivity index (χ4n) is 3.39. The summed E-state index contributed by atoms with van der Waals surface area (Å²) in [5.74, 6) is -2.14. The minimum atomic E-state index is -0.728. The average molecular weight is 411 g/mol. The molecular weight excluding hydrogens is 385 g/mol. The van der Waals surface area contributed by atoms with Crippen LogP contribution in [0, 0.1) is 32.5 Å². The van der Waals surface area contributed by atoms with Gasteiger partial charge in [-0.1, -0.05) is 12.1 Å². The molecule has 0 radical (unpaired) electrons. The van der Waals surface area contributed by atoms with Gasteiger partial charge < -0.3 is 15.5 Å². The summed E-state index contributed by atoms with van der Waals surface area (Å²) in [6.45, 7) is 6.49. The van der Waals surface area contributed by atoms with E-state index in [4.69, 9.17) is 0 Å². The van der Waals surface area contributed by atoms with Gasteiger partial charge in [-0.2, -0.15) is 0 Å². The van der Waals surface area contributed by atoms with E-state index >= 15 is 0 Å². The monoisotopic (exact) mass is 411 g/mol. The number of carbonyl (C=O) groups is 3. The quantitative estimate of drug-likeness (QED) is 0.567. The number of anilines is 1. The molecular formula is C23H26FN3O3. The molecule has 7 heteroatoms. The Kier molecular flexibility index (Phi) is 6.50. The third-order valence-corrected chi connectivity index (χ3v) is 5.47. The Morgan fingerprint density at radius 2 is 1.70 bits per heavy atom. The molecule has 0 spiro atoms. The van der Waals surface area contributed by atoms with Crippen molar-refractivity contribution in [3.63, 3.8) is 0 Å². The number of nitrogens with one attached hydrogen (secondary N) is 2. The molecule has 1 fully saturated rings. The lowest BCUT2D eigenvalue weighted by Crippen LogP contribution is -2.40. The summed E-state index contributed by atoms with van der Waals surface area (Å²) in [7, 11) is 0. The lowest BCUT2D eigenvalue weighted by molar-refractivity contribution is -0.132. The van der Waals surface area contributed by atoms with E-state index in [-0.39, 0.29) is 30.5 Å². The molecule has 3 rings (SSSR count). The summed E-state index contributed by atoms with van der Waals surface area (Å²) in [5.41, 5.74) is 3.73. The molecule has 1 unspecified atom stereocenters. The minimum absolute atomic E-state index is 0.182. The lowest BCUT2D eigenvalue weighted by Gasteiger charge is -2.18. The molecule has 1 aliphatic rings. The van der Waals surface area contributed by atoms with Gasteiger partial charge in [-0.15, -0.1) is 0 Å². The van der Waals surface area contributed by atoms with Crippen LogP contribution in [0.2, 0.25) is 0 Å². The van der Waals surface area contributed by atoms with Crippen molar-refractivity contribution in [2.45, 2.75) is 27.2 Å². The first-order valence-electron chi connectivity index (χ1n) is 9.98. The highest BCUT2D eigenvalue weighted by molar-refractivity contribution is 6.09. The van der Waals surface area contributed by atoms with Crippen molar-refractivity contribution in [2.75, 3.05) is 24.5 Å². The van der Waals surface area contributed by atoms with Gasteiger partial charge >= 0.3 is 0 Å². The smallest absolute Gasteiger partial charge is 0.251 e. The molecule has 2 N–H and O–H groups in total. The van der Waals surface area contributed by atoms with Gasteiger partial charge in [0, 0.05) is 30.9 Å². The molecule has 3 amide bonds. The van der Waals surface area contributed by atoms with Crippen molar-refractivity contribution >= 4 is 23.4 Å². The summed E-state index contributed by atoms with van der Waals surface area (Å²) in [6, 6.07) is 10.1. The van der Waals surface area contributed by atoms with E-state index in [1.54, 1.807) is 24.0 Å². The van der Waals surface area contributed by atoms with E-state index in [1.807, 2.05) is 32.0 Å². The molecule has 0 aromatic heterocycles. The maximum absolute atomic E-state index is 13.6. The minimum Gasteiger partial charge on any atom is -0.354 e. The van der Waals surface area contributed by atoms with Crippen LogP contribution in [-0.2, 0) is 9.59 Å². The van der Waals surface area contributed by atoms with E-state index < -0.39 is 17.6 Å². The third kappa shape index (κ3) is 4.67. The Morgan fingerprint density at radius 3 is 2.40 bits per heavy atom. The summed E-state index contributed by atoms with van der Waals surface area (Å²) in [6.07, 6.45) is 0.451. The number of benzene rings is 2. The highest BCUT2D eigenvalue weighted by Gasteiger charge is 2.37. The molecule has 158 valence electrons.